The number of nitrogens with one attached hydrogen (secondary N) is 3. The Morgan fingerprint density at radius 1 is 1.07 bits per heavy atom. The number of hydrogen-bond donors (Lipinski definition) is 3. The molecule has 10 heteroatoms. The van der Waals surface area contributed by atoms with Crippen molar-refractivity contribution in [2.45, 2.75) is 37.9 Å². The fraction of sp³-hybridized carbons (Fsp3) is 0.278. The SMILES string of the molecule is CC(C)NC(=O)Nc1ccc(CNS(=O)(=O)c2ccccc2OC(F)F)cc1. The number of ether oxygens (including phenoxy) is 1. The lowest BCUT2D eigenvalue weighted by molar-refractivity contribution is -0.0517. The minimum absolute atomic E-state index is 0.00870. The molecule has 0 heterocycles. The highest BCUT2D eigenvalue weighted by molar-refractivity contribution is 7.89. The number of carbonyl (C=O) groups excluding carboxylic acids is 1. The number of anilines is 1. The minimum Gasteiger partial charge on any atom is -0.433 e. The lowest BCUT2D eigenvalue weighted by Crippen LogP contribution is -2.34. The number of hydrogen-bond acceptors (Lipinski definition) is 4. The van der Waals surface area contributed by atoms with E-state index >= 15 is 0 Å². The third-order valence-corrected chi connectivity index (χ3v) is 4.89. The van der Waals surface area contributed by atoms with E-state index in [1.165, 1.54) is 18.2 Å². The first-order chi connectivity index (χ1) is 13.2. The van der Waals surface area contributed by atoms with Crippen LogP contribution in [0.15, 0.2) is 53.4 Å². The maximum atomic E-state index is 12.5. The van der Waals surface area contributed by atoms with E-state index in [4.69, 9.17) is 0 Å². The van der Waals surface area contributed by atoms with Gasteiger partial charge in [-0.25, -0.2) is 17.9 Å². The molecule has 0 radical (unpaired) electrons. The number of alkyl halides is 2. The quantitative estimate of drug-likeness (QED) is 0.619. The van der Waals surface area contributed by atoms with Gasteiger partial charge in [-0.15, -0.1) is 0 Å². The molecule has 2 amide bonds. The maximum absolute atomic E-state index is 12.5. The summed E-state index contributed by atoms with van der Waals surface area (Å²) in [4.78, 5) is 11.3. The lowest BCUT2D eigenvalue weighted by atomic mass is 10.2. The molecular weight excluding hydrogens is 392 g/mol. The summed E-state index contributed by atoms with van der Waals surface area (Å²) in [5.41, 5.74) is 1.16. The first kappa shape index (κ1) is 21.6. The first-order valence-corrected chi connectivity index (χ1v) is 9.85. The van der Waals surface area contributed by atoms with Crippen molar-refractivity contribution < 1.29 is 26.7 Å². The van der Waals surface area contributed by atoms with Crippen LogP contribution in [0, 0.1) is 0 Å². The van der Waals surface area contributed by atoms with Crippen LogP contribution in [0.3, 0.4) is 0 Å². The average molecular weight is 413 g/mol. The molecule has 2 rings (SSSR count). The van der Waals surface area contributed by atoms with Crippen molar-refractivity contribution in [3.8, 4) is 5.75 Å². The van der Waals surface area contributed by atoms with Crippen LogP contribution in [-0.2, 0) is 16.6 Å². The standard InChI is InChI=1S/C18H21F2N3O4S/c1-12(2)22-18(24)23-14-9-7-13(8-10-14)11-21-28(25,26)16-6-4-3-5-15(16)27-17(19)20/h3-10,12,17,21H,11H2,1-2H3,(H2,22,23,24). The number of rotatable bonds is 8. The molecule has 2 aromatic carbocycles. The first-order valence-electron chi connectivity index (χ1n) is 8.37. The molecule has 0 atom stereocenters. The van der Waals surface area contributed by atoms with Crippen molar-refractivity contribution in [3.05, 3.63) is 54.1 Å². The molecule has 28 heavy (non-hydrogen) atoms. The number of para-hydroxylation sites is 1. The van der Waals surface area contributed by atoms with Crippen LogP contribution in [0.5, 0.6) is 5.75 Å². The Hall–Kier alpha value is -2.72. The zero-order valence-corrected chi connectivity index (χ0v) is 16.1. The van der Waals surface area contributed by atoms with Gasteiger partial charge in [0.05, 0.1) is 0 Å². The summed E-state index contributed by atoms with van der Waals surface area (Å²) in [6.07, 6.45) is 0. The summed E-state index contributed by atoms with van der Waals surface area (Å²) in [6, 6.07) is 11.3. The molecule has 7 nitrogen and oxygen atoms in total. The van der Waals surface area contributed by atoms with Gasteiger partial charge in [0.25, 0.3) is 0 Å². The zero-order chi connectivity index (χ0) is 20.7. The number of amides is 2. The van der Waals surface area contributed by atoms with Crippen LogP contribution in [0.4, 0.5) is 19.3 Å². The van der Waals surface area contributed by atoms with E-state index in [0.29, 0.717) is 11.3 Å². The van der Waals surface area contributed by atoms with Crippen molar-refractivity contribution in [2.75, 3.05) is 5.32 Å². The van der Waals surface area contributed by atoms with E-state index in [1.807, 2.05) is 13.8 Å². The molecule has 0 aliphatic rings. The van der Waals surface area contributed by atoms with Crippen molar-refractivity contribution >= 4 is 21.7 Å². The van der Waals surface area contributed by atoms with Gasteiger partial charge >= 0.3 is 12.6 Å². The van der Waals surface area contributed by atoms with E-state index in [9.17, 15) is 22.0 Å². The molecule has 0 aromatic heterocycles. The Morgan fingerprint density at radius 2 is 1.71 bits per heavy atom. The molecule has 0 aliphatic carbocycles. The van der Waals surface area contributed by atoms with Crippen LogP contribution in [0.2, 0.25) is 0 Å². The van der Waals surface area contributed by atoms with Crippen LogP contribution >= 0.6 is 0 Å². The van der Waals surface area contributed by atoms with Crippen LogP contribution < -0.4 is 20.1 Å². The van der Waals surface area contributed by atoms with Gasteiger partial charge in [-0.05, 0) is 43.7 Å². The van der Waals surface area contributed by atoms with Gasteiger partial charge in [-0.1, -0.05) is 24.3 Å². The maximum Gasteiger partial charge on any atom is 0.387 e. The third-order valence-electron chi connectivity index (χ3n) is 3.45. The topological polar surface area (TPSA) is 96.5 Å². The monoisotopic (exact) mass is 413 g/mol. The van der Waals surface area contributed by atoms with Gasteiger partial charge in [-0.3, -0.25) is 0 Å². The Balaban J connectivity index is 2.02. The molecule has 0 aliphatic heterocycles. The van der Waals surface area contributed by atoms with E-state index in [0.717, 1.165) is 6.07 Å². The van der Waals surface area contributed by atoms with Gasteiger partial charge in [-0.2, -0.15) is 8.78 Å². The van der Waals surface area contributed by atoms with Crippen LogP contribution in [-0.4, -0.2) is 27.1 Å². The highest BCUT2D eigenvalue weighted by Gasteiger charge is 2.21. The molecule has 0 bridgehead atoms. The number of carbonyl (C=O) groups is 1. The van der Waals surface area contributed by atoms with E-state index < -0.39 is 22.4 Å². The number of sulfonamides is 1. The van der Waals surface area contributed by atoms with Crippen molar-refractivity contribution in [3.63, 3.8) is 0 Å². The summed E-state index contributed by atoms with van der Waals surface area (Å²) in [5.74, 6) is -0.430. The van der Waals surface area contributed by atoms with Crippen molar-refractivity contribution in [1.82, 2.24) is 10.0 Å². The second kappa shape index (κ2) is 9.47. The molecule has 152 valence electrons. The number of benzene rings is 2. The number of urea groups is 1. The second-order valence-corrected chi connectivity index (χ2v) is 7.84. The van der Waals surface area contributed by atoms with Crippen molar-refractivity contribution in [1.29, 1.82) is 0 Å². The fourth-order valence-electron chi connectivity index (χ4n) is 2.26. The van der Waals surface area contributed by atoms with E-state index in [-0.39, 0.29) is 23.5 Å². The lowest BCUT2D eigenvalue weighted by Gasteiger charge is -2.12. The molecule has 0 spiro atoms. The highest BCUT2D eigenvalue weighted by atomic mass is 32.2. The average Bonchev–Trinajstić information content (AvgIpc) is 2.60. The van der Waals surface area contributed by atoms with E-state index in [1.54, 1.807) is 24.3 Å². The normalized spacial score (nSPS) is 11.5. The van der Waals surface area contributed by atoms with Gasteiger partial charge in [0.1, 0.15) is 10.6 Å². The molecule has 0 saturated heterocycles. The minimum atomic E-state index is -4.07. The van der Waals surface area contributed by atoms with Crippen LogP contribution in [0.25, 0.3) is 0 Å². The summed E-state index contributed by atoms with van der Waals surface area (Å²) in [6.45, 7) is 0.465. The molecule has 2 aromatic rings. The smallest absolute Gasteiger partial charge is 0.387 e. The Morgan fingerprint density at radius 3 is 2.32 bits per heavy atom. The van der Waals surface area contributed by atoms with Crippen molar-refractivity contribution in [2.24, 2.45) is 0 Å². The summed E-state index contributed by atoms with van der Waals surface area (Å²) in [7, 11) is -4.07. The van der Waals surface area contributed by atoms with E-state index in [2.05, 4.69) is 20.1 Å². The molecule has 0 unspecified atom stereocenters. The number of halogens is 2. The van der Waals surface area contributed by atoms with Gasteiger partial charge in [0.15, 0.2) is 0 Å². The summed E-state index contributed by atoms with van der Waals surface area (Å²) in [5, 5.41) is 5.33. The Kier molecular flexibility index (Phi) is 7.30. The second-order valence-electron chi connectivity index (χ2n) is 6.10. The third kappa shape index (κ3) is 6.46. The molecular formula is C18H21F2N3O4S. The van der Waals surface area contributed by atoms with Crippen LogP contribution in [0.1, 0.15) is 19.4 Å². The zero-order valence-electron chi connectivity index (χ0n) is 15.3. The highest BCUT2D eigenvalue weighted by Crippen LogP contribution is 2.25. The largest absolute Gasteiger partial charge is 0.433 e. The van der Waals surface area contributed by atoms with Gasteiger partial charge in [0, 0.05) is 18.3 Å². The molecule has 3 N–H and O–H groups in total. The van der Waals surface area contributed by atoms with Gasteiger partial charge < -0.3 is 15.4 Å². The molecule has 0 saturated carbocycles. The summed E-state index contributed by atoms with van der Waals surface area (Å²) < 4.78 is 56.4. The predicted octanol–water partition coefficient (Wildman–Crippen LogP) is 3.30. The molecule has 0 fully saturated rings. The van der Waals surface area contributed by atoms with Gasteiger partial charge in [0.2, 0.25) is 10.0 Å². The fourth-order valence-corrected chi connectivity index (χ4v) is 3.41. The Labute approximate surface area is 162 Å². The predicted molar refractivity (Wildman–Crippen MR) is 101 cm³/mol. The summed E-state index contributed by atoms with van der Waals surface area (Å²) >= 11 is 0. The Bertz CT molecular complexity index is 903.